The SMILES string of the molecule is Cc1cccnc1CN1CCCC[C@@H]1C(=O)Nc1ccc(-c2ccoc2)cc1. The Morgan fingerprint density at radius 1 is 1.18 bits per heavy atom. The molecule has 0 bridgehead atoms. The molecule has 3 aromatic rings. The molecule has 1 aliphatic rings. The van der Waals surface area contributed by atoms with Crippen molar-refractivity contribution in [2.24, 2.45) is 0 Å². The fourth-order valence-corrected chi connectivity index (χ4v) is 3.75. The predicted molar refractivity (Wildman–Crippen MR) is 110 cm³/mol. The van der Waals surface area contributed by atoms with Gasteiger partial charge in [0.25, 0.3) is 0 Å². The molecule has 0 saturated carbocycles. The van der Waals surface area contributed by atoms with Crippen molar-refractivity contribution in [3.8, 4) is 11.1 Å². The maximum Gasteiger partial charge on any atom is 0.241 e. The Bertz CT molecular complexity index is 919. The van der Waals surface area contributed by atoms with Crippen LogP contribution in [0.15, 0.2) is 65.6 Å². The minimum Gasteiger partial charge on any atom is -0.472 e. The van der Waals surface area contributed by atoms with Gasteiger partial charge in [-0.3, -0.25) is 14.7 Å². The molecule has 3 heterocycles. The molecule has 1 N–H and O–H groups in total. The maximum atomic E-state index is 13.0. The van der Waals surface area contributed by atoms with E-state index < -0.39 is 0 Å². The summed E-state index contributed by atoms with van der Waals surface area (Å²) in [5.41, 5.74) is 5.13. The highest BCUT2D eigenvalue weighted by Gasteiger charge is 2.29. The summed E-state index contributed by atoms with van der Waals surface area (Å²) in [6.45, 7) is 3.71. The number of nitrogens with zero attached hydrogens (tertiary/aromatic N) is 2. The van der Waals surface area contributed by atoms with Crippen molar-refractivity contribution < 1.29 is 9.21 Å². The Balaban J connectivity index is 1.44. The molecule has 1 saturated heterocycles. The molecule has 1 aliphatic heterocycles. The number of piperidine rings is 1. The van der Waals surface area contributed by atoms with Gasteiger partial charge in [0.2, 0.25) is 5.91 Å². The zero-order chi connectivity index (χ0) is 19.3. The van der Waals surface area contributed by atoms with Gasteiger partial charge in [-0.15, -0.1) is 0 Å². The van der Waals surface area contributed by atoms with Crippen LogP contribution < -0.4 is 5.32 Å². The lowest BCUT2D eigenvalue weighted by Gasteiger charge is -2.34. The first-order chi connectivity index (χ1) is 13.7. The topological polar surface area (TPSA) is 58.4 Å². The normalized spacial score (nSPS) is 17.4. The van der Waals surface area contributed by atoms with Crippen molar-refractivity contribution >= 4 is 11.6 Å². The Morgan fingerprint density at radius 2 is 2.04 bits per heavy atom. The number of aryl methyl sites for hydroxylation is 1. The number of hydrogen-bond acceptors (Lipinski definition) is 4. The van der Waals surface area contributed by atoms with E-state index in [1.54, 1.807) is 12.5 Å². The standard InChI is InChI=1S/C23H25N3O2/c1-17-5-4-12-24-21(17)15-26-13-3-2-6-22(26)23(27)25-20-9-7-18(8-10-20)19-11-14-28-16-19/h4-5,7-12,14,16,22H,2-3,6,13,15H2,1H3,(H,25,27)/t22-/m1/s1. The number of pyridine rings is 1. The molecule has 1 atom stereocenters. The van der Waals surface area contributed by atoms with Crippen molar-refractivity contribution in [3.05, 3.63) is 72.4 Å². The van der Waals surface area contributed by atoms with Gasteiger partial charge in [0.05, 0.1) is 24.3 Å². The van der Waals surface area contributed by atoms with E-state index in [0.717, 1.165) is 48.3 Å². The molecule has 5 nitrogen and oxygen atoms in total. The smallest absolute Gasteiger partial charge is 0.241 e. The average molecular weight is 375 g/mol. The van der Waals surface area contributed by atoms with Gasteiger partial charge in [0.1, 0.15) is 0 Å². The Morgan fingerprint density at radius 3 is 2.79 bits per heavy atom. The number of carbonyl (C=O) groups is 1. The molecule has 1 aromatic carbocycles. The minimum atomic E-state index is -0.122. The lowest BCUT2D eigenvalue weighted by atomic mass is 10.0. The van der Waals surface area contributed by atoms with Crippen LogP contribution in [0.2, 0.25) is 0 Å². The zero-order valence-electron chi connectivity index (χ0n) is 16.1. The lowest BCUT2D eigenvalue weighted by molar-refractivity contribution is -0.122. The average Bonchev–Trinajstić information content (AvgIpc) is 3.25. The molecular weight excluding hydrogens is 350 g/mol. The van der Waals surface area contributed by atoms with Crippen molar-refractivity contribution in [1.29, 1.82) is 0 Å². The van der Waals surface area contributed by atoms with Crippen molar-refractivity contribution in [3.63, 3.8) is 0 Å². The number of likely N-dealkylation sites (tertiary alicyclic amines) is 1. The van der Waals surface area contributed by atoms with Crippen LogP contribution in [-0.4, -0.2) is 28.4 Å². The highest BCUT2D eigenvalue weighted by molar-refractivity contribution is 5.95. The number of nitrogens with one attached hydrogen (secondary N) is 1. The number of anilines is 1. The summed E-state index contributed by atoms with van der Waals surface area (Å²) in [5, 5.41) is 3.09. The van der Waals surface area contributed by atoms with Gasteiger partial charge in [0.15, 0.2) is 0 Å². The first-order valence-corrected chi connectivity index (χ1v) is 9.79. The summed E-state index contributed by atoms with van der Waals surface area (Å²) in [4.78, 5) is 19.7. The molecule has 2 aromatic heterocycles. The molecule has 0 aliphatic carbocycles. The van der Waals surface area contributed by atoms with E-state index in [4.69, 9.17) is 4.42 Å². The van der Waals surface area contributed by atoms with E-state index >= 15 is 0 Å². The number of rotatable bonds is 5. The van der Waals surface area contributed by atoms with Crippen LogP contribution in [-0.2, 0) is 11.3 Å². The van der Waals surface area contributed by atoms with Crippen molar-refractivity contribution in [2.45, 2.75) is 38.8 Å². The largest absolute Gasteiger partial charge is 0.472 e. The van der Waals surface area contributed by atoms with E-state index in [-0.39, 0.29) is 11.9 Å². The second-order valence-electron chi connectivity index (χ2n) is 7.33. The van der Waals surface area contributed by atoms with E-state index in [2.05, 4.69) is 28.2 Å². The van der Waals surface area contributed by atoms with Crippen LogP contribution in [0.25, 0.3) is 11.1 Å². The fourth-order valence-electron chi connectivity index (χ4n) is 3.75. The van der Waals surface area contributed by atoms with Crippen LogP contribution in [0.5, 0.6) is 0 Å². The summed E-state index contributed by atoms with van der Waals surface area (Å²) in [5.74, 6) is 0.0596. The van der Waals surface area contributed by atoms with Gasteiger partial charge in [-0.1, -0.05) is 24.6 Å². The van der Waals surface area contributed by atoms with Gasteiger partial charge >= 0.3 is 0 Å². The Kier molecular flexibility index (Phi) is 5.53. The van der Waals surface area contributed by atoms with Gasteiger partial charge in [-0.05, 0) is 61.7 Å². The second-order valence-corrected chi connectivity index (χ2v) is 7.33. The molecule has 28 heavy (non-hydrogen) atoms. The quantitative estimate of drug-likeness (QED) is 0.706. The summed E-state index contributed by atoms with van der Waals surface area (Å²) >= 11 is 0. The van der Waals surface area contributed by atoms with E-state index in [0.29, 0.717) is 6.54 Å². The molecule has 1 fully saturated rings. The highest BCUT2D eigenvalue weighted by atomic mass is 16.3. The van der Waals surface area contributed by atoms with Crippen molar-refractivity contribution in [2.75, 3.05) is 11.9 Å². The van der Waals surface area contributed by atoms with Gasteiger partial charge in [-0.25, -0.2) is 0 Å². The van der Waals surface area contributed by atoms with Crippen LogP contribution in [0.4, 0.5) is 5.69 Å². The van der Waals surface area contributed by atoms with Crippen molar-refractivity contribution in [1.82, 2.24) is 9.88 Å². The molecule has 5 heteroatoms. The highest BCUT2D eigenvalue weighted by Crippen LogP contribution is 2.24. The van der Waals surface area contributed by atoms with Gasteiger partial charge in [-0.2, -0.15) is 0 Å². The number of hydrogen-bond donors (Lipinski definition) is 1. The number of aromatic nitrogens is 1. The zero-order valence-corrected chi connectivity index (χ0v) is 16.1. The summed E-state index contributed by atoms with van der Waals surface area (Å²) in [6.07, 6.45) is 8.27. The third-order valence-electron chi connectivity index (χ3n) is 5.39. The molecule has 1 amide bonds. The molecule has 4 rings (SSSR count). The number of amides is 1. The van der Waals surface area contributed by atoms with Crippen LogP contribution in [0.1, 0.15) is 30.5 Å². The molecule has 0 spiro atoms. The minimum absolute atomic E-state index is 0.0596. The molecule has 0 unspecified atom stereocenters. The number of furan rings is 1. The first kappa shape index (κ1) is 18.4. The van der Waals surface area contributed by atoms with E-state index in [1.165, 1.54) is 5.56 Å². The molecular formula is C23H25N3O2. The summed E-state index contributed by atoms with van der Waals surface area (Å²) in [7, 11) is 0. The van der Waals surface area contributed by atoms with Crippen LogP contribution in [0.3, 0.4) is 0 Å². The second kappa shape index (κ2) is 8.40. The third kappa shape index (κ3) is 4.15. The van der Waals surface area contributed by atoms with Gasteiger partial charge < -0.3 is 9.73 Å². The fraction of sp³-hybridized carbons (Fsp3) is 0.304. The van der Waals surface area contributed by atoms with Crippen LogP contribution >= 0.6 is 0 Å². The Labute approximate surface area is 165 Å². The van der Waals surface area contributed by atoms with E-state index in [9.17, 15) is 4.79 Å². The lowest BCUT2D eigenvalue weighted by Crippen LogP contribution is -2.46. The van der Waals surface area contributed by atoms with E-state index in [1.807, 2.05) is 42.6 Å². The predicted octanol–water partition coefficient (Wildman–Crippen LogP) is 4.64. The monoisotopic (exact) mass is 375 g/mol. The van der Waals surface area contributed by atoms with Crippen LogP contribution in [0, 0.1) is 6.92 Å². The maximum absolute atomic E-state index is 13.0. The summed E-state index contributed by atoms with van der Waals surface area (Å²) < 4.78 is 5.13. The summed E-state index contributed by atoms with van der Waals surface area (Å²) in [6, 6.07) is 13.7. The molecule has 0 radical (unpaired) electrons. The van der Waals surface area contributed by atoms with Gasteiger partial charge in [0, 0.05) is 24.0 Å². The number of carbonyl (C=O) groups excluding carboxylic acids is 1. The Hall–Kier alpha value is -2.92. The molecule has 144 valence electrons. The third-order valence-corrected chi connectivity index (χ3v) is 5.39. The first-order valence-electron chi connectivity index (χ1n) is 9.79. The number of benzene rings is 1.